The molecule has 0 radical (unpaired) electrons. The van der Waals surface area contributed by atoms with Gasteiger partial charge in [-0.05, 0) is 19.1 Å². The smallest absolute Gasteiger partial charge is 0.273 e. The molecule has 2 heterocycles. The van der Waals surface area contributed by atoms with Crippen LogP contribution in [0.3, 0.4) is 0 Å². The Hall–Kier alpha value is -1.77. The fraction of sp³-hybridized carbons (Fsp3) is 0.286. The van der Waals surface area contributed by atoms with Crippen LogP contribution >= 0.6 is 11.3 Å². The Labute approximate surface area is 132 Å². The molecule has 1 aliphatic heterocycles. The molecule has 6 nitrogen and oxygen atoms in total. The molecule has 0 saturated carbocycles. The lowest BCUT2D eigenvalue weighted by molar-refractivity contribution is 0.0759. The average Bonchev–Trinajstić information content (AvgIpc) is 2.95. The summed E-state index contributed by atoms with van der Waals surface area (Å²) in [6, 6.07) is 5.97. The van der Waals surface area contributed by atoms with Crippen molar-refractivity contribution >= 4 is 27.1 Å². The molecule has 0 spiro atoms. The Balaban J connectivity index is 1.66. The minimum absolute atomic E-state index is 0.0928. The Morgan fingerprint density at radius 2 is 2.00 bits per heavy atom. The van der Waals surface area contributed by atoms with Gasteiger partial charge in [0, 0.05) is 17.1 Å². The zero-order valence-corrected chi connectivity index (χ0v) is 13.4. The highest BCUT2D eigenvalue weighted by molar-refractivity contribution is 7.89. The molecule has 0 aliphatic carbocycles. The van der Waals surface area contributed by atoms with Crippen LogP contribution < -0.4 is 4.74 Å². The van der Waals surface area contributed by atoms with Crippen molar-refractivity contribution in [3.05, 3.63) is 41.4 Å². The van der Waals surface area contributed by atoms with E-state index in [2.05, 4.69) is 4.98 Å². The number of ether oxygens (including phenoxy) is 1. The molecular weight excluding hydrogens is 324 g/mol. The van der Waals surface area contributed by atoms with Crippen molar-refractivity contribution in [2.75, 3.05) is 13.1 Å². The summed E-state index contributed by atoms with van der Waals surface area (Å²) in [7, 11) is -3.53. The third kappa shape index (κ3) is 2.90. The summed E-state index contributed by atoms with van der Waals surface area (Å²) in [6.07, 6.45) is 1.47. The van der Waals surface area contributed by atoms with Crippen molar-refractivity contribution in [3.8, 4) is 5.19 Å². The van der Waals surface area contributed by atoms with Crippen molar-refractivity contribution < 1.29 is 17.9 Å². The minimum atomic E-state index is -3.53. The zero-order valence-electron chi connectivity index (χ0n) is 11.8. The summed E-state index contributed by atoms with van der Waals surface area (Å²) in [4.78, 5) is 15.4. The van der Waals surface area contributed by atoms with Crippen LogP contribution in [0.15, 0.2) is 40.7 Å². The van der Waals surface area contributed by atoms with E-state index in [1.807, 2.05) is 0 Å². The van der Waals surface area contributed by atoms with Crippen molar-refractivity contribution in [2.45, 2.75) is 17.9 Å². The van der Waals surface area contributed by atoms with Crippen LogP contribution in [0.2, 0.25) is 0 Å². The van der Waals surface area contributed by atoms with Gasteiger partial charge in [0.05, 0.1) is 18.0 Å². The molecule has 116 valence electrons. The highest BCUT2D eigenvalue weighted by Crippen LogP contribution is 2.25. The number of thiazole rings is 1. The Morgan fingerprint density at radius 1 is 1.32 bits per heavy atom. The molecule has 1 aromatic carbocycles. The van der Waals surface area contributed by atoms with E-state index in [1.165, 1.54) is 46.8 Å². The molecule has 0 atom stereocenters. The van der Waals surface area contributed by atoms with Gasteiger partial charge in [-0.3, -0.25) is 4.79 Å². The van der Waals surface area contributed by atoms with Gasteiger partial charge in [0.2, 0.25) is 10.0 Å². The van der Waals surface area contributed by atoms with Gasteiger partial charge in [-0.15, -0.1) is 0 Å². The minimum Gasteiger partial charge on any atom is -0.464 e. The van der Waals surface area contributed by atoms with Crippen LogP contribution in [-0.2, 0) is 10.0 Å². The molecule has 22 heavy (non-hydrogen) atoms. The first-order valence-electron chi connectivity index (χ1n) is 6.64. The SMILES string of the molecule is CC(=O)c1ccc(S(=O)(=O)N2CC(Oc3nccs3)C2)cc1. The third-order valence-corrected chi connectivity index (χ3v) is 5.90. The topological polar surface area (TPSA) is 76.6 Å². The second-order valence-electron chi connectivity index (χ2n) is 4.94. The van der Waals surface area contributed by atoms with Crippen molar-refractivity contribution in [3.63, 3.8) is 0 Å². The van der Waals surface area contributed by atoms with E-state index in [1.54, 1.807) is 11.6 Å². The summed E-state index contributed by atoms with van der Waals surface area (Å²) in [5.74, 6) is -0.0928. The van der Waals surface area contributed by atoms with E-state index in [0.29, 0.717) is 23.8 Å². The molecular formula is C14H14N2O4S2. The maximum Gasteiger partial charge on any atom is 0.273 e. The normalized spacial score (nSPS) is 16.2. The molecule has 1 fully saturated rings. The van der Waals surface area contributed by atoms with Crippen molar-refractivity contribution in [1.29, 1.82) is 0 Å². The molecule has 0 unspecified atom stereocenters. The number of carbonyl (C=O) groups is 1. The number of carbonyl (C=O) groups excluding carboxylic acids is 1. The molecule has 1 saturated heterocycles. The van der Waals surface area contributed by atoms with Gasteiger partial charge in [0.15, 0.2) is 5.78 Å². The van der Waals surface area contributed by atoms with Gasteiger partial charge in [-0.1, -0.05) is 23.5 Å². The number of aromatic nitrogens is 1. The molecule has 1 aromatic heterocycles. The monoisotopic (exact) mass is 338 g/mol. The standard InChI is InChI=1S/C14H14N2O4S2/c1-10(17)11-2-4-13(5-3-11)22(18,19)16-8-12(9-16)20-14-15-6-7-21-14/h2-7,12H,8-9H2,1H3. The lowest BCUT2D eigenvalue weighted by Gasteiger charge is -2.37. The van der Waals surface area contributed by atoms with Gasteiger partial charge in [0.1, 0.15) is 6.10 Å². The Morgan fingerprint density at radius 3 is 2.55 bits per heavy atom. The number of hydrogen-bond donors (Lipinski definition) is 0. The highest BCUT2D eigenvalue weighted by atomic mass is 32.2. The molecule has 0 N–H and O–H groups in total. The quantitative estimate of drug-likeness (QED) is 0.777. The predicted octanol–water partition coefficient (Wildman–Crippen LogP) is 1.80. The second kappa shape index (κ2) is 5.79. The van der Waals surface area contributed by atoms with Gasteiger partial charge in [-0.25, -0.2) is 13.4 Å². The van der Waals surface area contributed by atoms with E-state index in [9.17, 15) is 13.2 Å². The van der Waals surface area contributed by atoms with Crippen LogP contribution in [-0.4, -0.2) is 42.7 Å². The lowest BCUT2D eigenvalue weighted by atomic mass is 10.2. The summed E-state index contributed by atoms with van der Waals surface area (Å²) < 4.78 is 31.7. The van der Waals surface area contributed by atoms with E-state index in [-0.39, 0.29) is 16.8 Å². The largest absolute Gasteiger partial charge is 0.464 e. The number of hydrogen-bond acceptors (Lipinski definition) is 6. The first-order valence-corrected chi connectivity index (χ1v) is 8.96. The molecule has 8 heteroatoms. The number of Topliss-reactive ketones (excluding diaryl/α,β-unsaturated/α-hetero) is 1. The fourth-order valence-electron chi connectivity index (χ4n) is 2.09. The molecule has 0 amide bonds. The van der Waals surface area contributed by atoms with Crippen LogP contribution in [0.5, 0.6) is 5.19 Å². The number of ketones is 1. The molecule has 1 aliphatic rings. The van der Waals surface area contributed by atoms with Gasteiger partial charge < -0.3 is 4.74 Å². The molecule has 3 rings (SSSR count). The van der Waals surface area contributed by atoms with Crippen LogP contribution in [0.1, 0.15) is 17.3 Å². The highest BCUT2D eigenvalue weighted by Gasteiger charge is 2.38. The van der Waals surface area contributed by atoms with E-state index < -0.39 is 10.0 Å². The van der Waals surface area contributed by atoms with Crippen molar-refractivity contribution in [1.82, 2.24) is 9.29 Å². The summed E-state index contributed by atoms with van der Waals surface area (Å²) in [6.45, 7) is 2.05. The summed E-state index contributed by atoms with van der Waals surface area (Å²) in [5, 5.41) is 2.35. The van der Waals surface area contributed by atoms with Crippen LogP contribution in [0.25, 0.3) is 0 Å². The maximum absolute atomic E-state index is 12.4. The third-order valence-electron chi connectivity index (χ3n) is 3.39. The number of rotatable bonds is 5. The maximum atomic E-state index is 12.4. The van der Waals surface area contributed by atoms with Crippen molar-refractivity contribution in [2.24, 2.45) is 0 Å². The lowest BCUT2D eigenvalue weighted by Crippen LogP contribution is -2.55. The van der Waals surface area contributed by atoms with Gasteiger partial charge in [0.25, 0.3) is 5.19 Å². The van der Waals surface area contributed by atoms with Crippen LogP contribution in [0.4, 0.5) is 0 Å². The first-order chi connectivity index (χ1) is 10.5. The van der Waals surface area contributed by atoms with Crippen LogP contribution in [0, 0.1) is 0 Å². The summed E-state index contributed by atoms with van der Waals surface area (Å²) >= 11 is 1.38. The number of nitrogens with zero attached hydrogens (tertiary/aromatic N) is 2. The van der Waals surface area contributed by atoms with E-state index >= 15 is 0 Å². The van der Waals surface area contributed by atoms with Gasteiger partial charge >= 0.3 is 0 Å². The van der Waals surface area contributed by atoms with E-state index in [0.717, 1.165) is 0 Å². The predicted molar refractivity (Wildman–Crippen MR) is 81.7 cm³/mol. The Kier molecular flexibility index (Phi) is 3.98. The first kappa shape index (κ1) is 15.1. The Bertz CT molecular complexity index is 764. The summed E-state index contributed by atoms with van der Waals surface area (Å²) in [5.41, 5.74) is 0.493. The fourth-order valence-corrected chi connectivity index (χ4v) is 4.15. The molecule has 0 bridgehead atoms. The zero-order chi connectivity index (χ0) is 15.7. The average molecular weight is 338 g/mol. The van der Waals surface area contributed by atoms with E-state index in [4.69, 9.17) is 4.74 Å². The number of sulfonamides is 1. The molecule has 2 aromatic rings. The second-order valence-corrected chi connectivity index (χ2v) is 7.74. The number of benzene rings is 1. The van der Waals surface area contributed by atoms with Gasteiger partial charge in [-0.2, -0.15) is 4.31 Å².